The summed E-state index contributed by atoms with van der Waals surface area (Å²) in [6.07, 6.45) is 5.83. The Hall–Kier alpha value is -2.50. The van der Waals surface area contributed by atoms with Crippen molar-refractivity contribution in [2.75, 3.05) is 6.61 Å². The molecular weight excluding hydrogens is 268 g/mol. The van der Waals surface area contributed by atoms with Gasteiger partial charge in [0.05, 0.1) is 6.54 Å². The lowest BCUT2D eigenvalue weighted by molar-refractivity contribution is 0.296. The second-order valence-corrected chi connectivity index (χ2v) is 4.64. The van der Waals surface area contributed by atoms with Crippen LogP contribution in [0.1, 0.15) is 24.7 Å². The van der Waals surface area contributed by atoms with E-state index in [4.69, 9.17) is 15.7 Å². The van der Waals surface area contributed by atoms with Crippen LogP contribution in [0.4, 0.5) is 0 Å². The molecule has 6 heteroatoms. The second kappa shape index (κ2) is 7.33. The largest absolute Gasteiger partial charge is 0.492 e. The van der Waals surface area contributed by atoms with Crippen LogP contribution in [0, 0.1) is 0 Å². The standard InChI is InChI=1S/C15H20N4O2/c1-2-3-14-17-8-9-19(14)10-11-21-13-6-4-12(5-7-13)15(16)18-20/h4-9,20H,2-3,10-11H2,1H3,(H2,16,18). The molecule has 1 aromatic carbocycles. The molecule has 0 saturated carbocycles. The normalized spacial score (nSPS) is 11.6. The molecule has 1 heterocycles. The Balaban J connectivity index is 1.87. The number of nitrogens with two attached hydrogens (primary N) is 1. The summed E-state index contributed by atoms with van der Waals surface area (Å²) in [6, 6.07) is 7.11. The Morgan fingerprint density at radius 3 is 2.81 bits per heavy atom. The van der Waals surface area contributed by atoms with Gasteiger partial charge in [-0.1, -0.05) is 12.1 Å². The van der Waals surface area contributed by atoms with Crippen LogP contribution in [0.25, 0.3) is 0 Å². The number of imidazole rings is 1. The molecule has 0 amide bonds. The van der Waals surface area contributed by atoms with Gasteiger partial charge in [0, 0.05) is 24.4 Å². The topological polar surface area (TPSA) is 85.7 Å². The molecule has 0 bridgehead atoms. The van der Waals surface area contributed by atoms with Gasteiger partial charge in [-0.3, -0.25) is 0 Å². The Kier molecular flexibility index (Phi) is 5.20. The van der Waals surface area contributed by atoms with Gasteiger partial charge in [-0.25, -0.2) is 4.98 Å². The van der Waals surface area contributed by atoms with Crippen molar-refractivity contribution in [2.45, 2.75) is 26.3 Å². The molecule has 0 saturated heterocycles. The first-order valence-electron chi connectivity index (χ1n) is 6.95. The van der Waals surface area contributed by atoms with Gasteiger partial charge >= 0.3 is 0 Å². The molecule has 0 aliphatic rings. The molecule has 2 rings (SSSR count). The highest BCUT2D eigenvalue weighted by atomic mass is 16.5. The number of nitrogens with zero attached hydrogens (tertiary/aromatic N) is 3. The minimum Gasteiger partial charge on any atom is -0.492 e. The Morgan fingerprint density at radius 2 is 2.14 bits per heavy atom. The van der Waals surface area contributed by atoms with E-state index in [0.29, 0.717) is 12.2 Å². The van der Waals surface area contributed by atoms with Gasteiger partial charge in [-0.2, -0.15) is 0 Å². The predicted octanol–water partition coefficient (Wildman–Crippen LogP) is 2.01. The van der Waals surface area contributed by atoms with Crippen LogP contribution >= 0.6 is 0 Å². The Bertz CT molecular complexity index is 590. The number of ether oxygens (including phenoxy) is 1. The highest BCUT2D eigenvalue weighted by molar-refractivity contribution is 5.97. The van der Waals surface area contributed by atoms with Crippen LogP contribution in [0.5, 0.6) is 5.75 Å². The van der Waals surface area contributed by atoms with Gasteiger partial charge in [0.2, 0.25) is 0 Å². The van der Waals surface area contributed by atoms with E-state index >= 15 is 0 Å². The van der Waals surface area contributed by atoms with Gasteiger partial charge in [0.25, 0.3) is 0 Å². The van der Waals surface area contributed by atoms with Crippen molar-refractivity contribution < 1.29 is 9.94 Å². The quantitative estimate of drug-likeness (QED) is 0.353. The van der Waals surface area contributed by atoms with Crippen molar-refractivity contribution in [3.8, 4) is 5.75 Å². The molecule has 1 aromatic heterocycles. The minimum absolute atomic E-state index is 0.0872. The van der Waals surface area contributed by atoms with Crippen LogP contribution in [-0.4, -0.2) is 27.2 Å². The third-order valence-electron chi connectivity index (χ3n) is 3.13. The average Bonchev–Trinajstić information content (AvgIpc) is 2.95. The maximum atomic E-state index is 8.60. The molecule has 0 aliphatic heterocycles. The minimum atomic E-state index is 0.0872. The fourth-order valence-electron chi connectivity index (χ4n) is 2.04. The van der Waals surface area contributed by atoms with E-state index in [0.717, 1.165) is 31.0 Å². The first-order chi connectivity index (χ1) is 10.2. The summed E-state index contributed by atoms with van der Waals surface area (Å²) >= 11 is 0. The summed E-state index contributed by atoms with van der Waals surface area (Å²) in [6.45, 7) is 3.46. The summed E-state index contributed by atoms with van der Waals surface area (Å²) in [4.78, 5) is 4.33. The number of hydrogen-bond acceptors (Lipinski definition) is 4. The highest BCUT2D eigenvalue weighted by Crippen LogP contribution is 2.12. The molecular formula is C15H20N4O2. The molecule has 6 nitrogen and oxygen atoms in total. The molecule has 0 radical (unpaired) electrons. The van der Waals surface area contributed by atoms with Gasteiger partial charge in [-0.15, -0.1) is 0 Å². The zero-order valence-corrected chi connectivity index (χ0v) is 12.1. The number of rotatable bonds is 7. The molecule has 0 aliphatic carbocycles. The first-order valence-corrected chi connectivity index (χ1v) is 6.95. The van der Waals surface area contributed by atoms with Crippen molar-refractivity contribution in [1.29, 1.82) is 0 Å². The summed E-state index contributed by atoms with van der Waals surface area (Å²) in [5.41, 5.74) is 6.16. The van der Waals surface area contributed by atoms with E-state index in [-0.39, 0.29) is 5.84 Å². The van der Waals surface area contributed by atoms with Crippen LogP contribution in [0.15, 0.2) is 41.8 Å². The number of benzene rings is 1. The van der Waals surface area contributed by atoms with Gasteiger partial charge in [-0.05, 0) is 30.7 Å². The van der Waals surface area contributed by atoms with Gasteiger partial charge < -0.3 is 20.2 Å². The maximum Gasteiger partial charge on any atom is 0.170 e. The highest BCUT2D eigenvalue weighted by Gasteiger charge is 2.03. The Labute approximate surface area is 123 Å². The van der Waals surface area contributed by atoms with Gasteiger partial charge in [0.15, 0.2) is 5.84 Å². The molecule has 0 fully saturated rings. The number of oxime groups is 1. The lowest BCUT2D eigenvalue weighted by Crippen LogP contribution is -2.13. The number of hydrogen-bond donors (Lipinski definition) is 2. The van der Waals surface area contributed by atoms with Crippen LogP contribution < -0.4 is 10.5 Å². The van der Waals surface area contributed by atoms with Crippen LogP contribution in [0.3, 0.4) is 0 Å². The zero-order valence-electron chi connectivity index (χ0n) is 12.1. The van der Waals surface area contributed by atoms with E-state index in [1.54, 1.807) is 24.3 Å². The summed E-state index contributed by atoms with van der Waals surface area (Å²) < 4.78 is 7.79. The third kappa shape index (κ3) is 3.98. The van der Waals surface area contributed by atoms with Crippen molar-refractivity contribution >= 4 is 5.84 Å². The van der Waals surface area contributed by atoms with Gasteiger partial charge in [0.1, 0.15) is 18.2 Å². The third-order valence-corrected chi connectivity index (χ3v) is 3.13. The SMILES string of the molecule is CCCc1nccn1CCOc1ccc(C(N)=NO)cc1. The Morgan fingerprint density at radius 1 is 1.38 bits per heavy atom. The molecule has 0 unspecified atom stereocenters. The number of amidine groups is 1. The van der Waals surface area contributed by atoms with E-state index < -0.39 is 0 Å². The molecule has 3 N–H and O–H groups in total. The lowest BCUT2D eigenvalue weighted by atomic mass is 10.2. The molecule has 112 valence electrons. The monoisotopic (exact) mass is 288 g/mol. The lowest BCUT2D eigenvalue weighted by Gasteiger charge is -2.09. The summed E-state index contributed by atoms with van der Waals surface area (Å²) in [7, 11) is 0. The summed E-state index contributed by atoms with van der Waals surface area (Å²) in [5.74, 6) is 1.93. The average molecular weight is 288 g/mol. The van der Waals surface area contributed by atoms with Crippen LogP contribution in [0.2, 0.25) is 0 Å². The molecule has 0 spiro atoms. The number of aromatic nitrogens is 2. The van der Waals surface area contributed by atoms with Crippen molar-refractivity contribution in [2.24, 2.45) is 10.9 Å². The summed E-state index contributed by atoms with van der Waals surface area (Å²) in [5, 5.41) is 11.6. The van der Waals surface area contributed by atoms with E-state index in [9.17, 15) is 0 Å². The van der Waals surface area contributed by atoms with Crippen molar-refractivity contribution in [3.05, 3.63) is 48.0 Å². The second-order valence-electron chi connectivity index (χ2n) is 4.64. The predicted molar refractivity (Wildman–Crippen MR) is 80.7 cm³/mol. The van der Waals surface area contributed by atoms with Crippen molar-refractivity contribution in [1.82, 2.24) is 9.55 Å². The molecule has 0 atom stereocenters. The van der Waals surface area contributed by atoms with E-state index in [1.165, 1.54) is 0 Å². The smallest absolute Gasteiger partial charge is 0.170 e. The van der Waals surface area contributed by atoms with E-state index in [1.807, 2.05) is 12.4 Å². The fraction of sp³-hybridized carbons (Fsp3) is 0.333. The van der Waals surface area contributed by atoms with E-state index in [2.05, 4.69) is 21.6 Å². The molecule has 21 heavy (non-hydrogen) atoms. The van der Waals surface area contributed by atoms with Crippen molar-refractivity contribution in [3.63, 3.8) is 0 Å². The maximum absolute atomic E-state index is 8.60. The molecule has 2 aromatic rings. The first kappa shape index (κ1) is 14.9. The van der Waals surface area contributed by atoms with Crippen LogP contribution in [-0.2, 0) is 13.0 Å². The number of aryl methyl sites for hydroxylation is 1. The zero-order chi connectivity index (χ0) is 15.1. The fourth-order valence-corrected chi connectivity index (χ4v) is 2.04.